The van der Waals surface area contributed by atoms with Crippen molar-refractivity contribution in [3.05, 3.63) is 0 Å². The first kappa shape index (κ1) is 25.4. The molecule has 0 heterocycles. The maximum absolute atomic E-state index is 2.06. The Hall–Kier alpha value is 2.64. The van der Waals surface area contributed by atoms with Crippen LogP contribution in [0.1, 0.15) is 0 Å². The molecular weight excluding hydrogens is 486 g/mol. The quantitative estimate of drug-likeness (QED) is 0.387. The molecule has 0 unspecified atom stereocenters. The van der Waals surface area contributed by atoms with Gasteiger partial charge in [0, 0.05) is 60.0 Å². The first-order chi connectivity index (χ1) is 1.00. The molecule has 0 aromatic heterocycles. The fourth-order valence-corrected chi connectivity index (χ4v) is 0. The zero-order chi connectivity index (χ0) is 2.00. The van der Waals surface area contributed by atoms with Gasteiger partial charge in [0.05, 0.1) is 0 Å². The molecule has 0 aliphatic heterocycles. The molecule has 0 rings (SSSR count). The summed E-state index contributed by atoms with van der Waals surface area (Å²) in [6, 6.07) is 0. The van der Waals surface area contributed by atoms with Crippen molar-refractivity contribution in [2.24, 2.45) is 0 Å². The summed E-state index contributed by atoms with van der Waals surface area (Å²) < 4.78 is 0. The maximum atomic E-state index is 2.06. The average molecular weight is 488 g/mol. The summed E-state index contributed by atoms with van der Waals surface area (Å²) in [6.45, 7) is 0. The number of hydrogen-bond donors (Lipinski definition) is 0. The third kappa shape index (κ3) is 20.5. The summed E-state index contributed by atoms with van der Waals surface area (Å²) in [5.41, 5.74) is 0. The third-order valence-electron chi connectivity index (χ3n) is 0. The summed E-state index contributed by atoms with van der Waals surface area (Å²) in [7, 11) is 0. The van der Waals surface area contributed by atoms with Crippen LogP contribution >= 0.6 is 0 Å². The molecule has 0 saturated heterocycles. The van der Waals surface area contributed by atoms with Gasteiger partial charge in [-0.05, 0) is 0 Å². The maximum Gasteiger partial charge on any atom is 0 e. The summed E-state index contributed by atoms with van der Waals surface area (Å²) in [5, 5.41) is 0. The number of hydrogen-bond acceptors (Lipinski definition) is 0. The van der Waals surface area contributed by atoms with E-state index >= 15 is 0 Å². The topological polar surface area (TPSA) is 0 Å². The Bertz CT molecular complexity index is 11.6. The molecule has 0 N–H and O–H groups in total. The molecule has 0 bridgehead atoms. The predicted molar refractivity (Wildman–Crippen MR) is 8.54 cm³/mol. The Balaban J connectivity index is -0.00000000167. The van der Waals surface area contributed by atoms with E-state index < -0.39 is 0 Å². The van der Waals surface area contributed by atoms with Crippen molar-refractivity contribution in [3.8, 4) is 0 Å². The predicted octanol–water partition coefficient (Wildman–Crippen LogP) is -0.926. The van der Waals surface area contributed by atoms with Crippen molar-refractivity contribution in [2.75, 3.05) is 0 Å². The second-order valence-electron chi connectivity index (χ2n) is 0. The third-order valence-corrected chi connectivity index (χ3v) is 0. The molecule has 0 aromatic carbocycles. The largest absolute Gasteiger partial charge is 0 e. The average Bonchev–Trinajstić information content (AvgIpc) is 1.00. The molecule has 5 heavy (non-hydrogen) atoms. The van der Waals surface area contributed by atoms with Crippen molar-refractivity contribution in [2.45, 2.75) is 0 Å². The Labute approximate surface area is 83.9 Å². The van der Waals surface area contributed by atoms with E-state index in [1.54, 1.807) is 19.0 Å². The standard InChI is InChI=1S/BH2.Co.Cr.Hf.Re/h1H2;;;;/q+1;;;;-1. The summed E-state index contributed by atoms with van der Waals surface area (Å²) in [5.74, 6) is 0. The minimum absolute atomic E-state index is 0. The van der Waals surface area contributed by atoms with Gasteiger partial charge in [-0.3, -0.25) is 0 Å². The van der Waals surface area contributed by atoms with E-state index in [0.29, 0.717) is 0 Å². The smallest absolute Gasteiger partial charge is 0 e. The van der Waals surface area contributed by atoms with Crippen LogP contribution in [0.3, 0.4) is 0 Å². The van der Waals surface area contributed by atoms with Crippen molar-refractivity contribution in [3.63, 3.8) is 0 Å². The van der Waals surface area contributed by atoms with E-state index in [-0.39, 0.29) is 60.0 Å². The summed E-state index contributed by atoms with van der Waals surface area (Å²) >= 11 is 1.72. The van der Waals surface area contributed by atoms with Crippen molar-refractivity contribution in [1.29, 1.82) is 0 Å². The van der Waals surface area contributed by atoms with Gasteiger partial charge in [0.2, 0.25) is 0 Å². The fourth-order valence-electron chi connectivity index (χ4n) is 0. The van der Waals surface area contributed by atoms with Crippen LogP contribution in [0.4, 0.5) is 0 Å². The van der Waals surface area contributed by atoms with Gasteiger partial charge in [-0.15, -0.1) is 0 Å². The zero-order valence-corrected chi connectivity index (χ0v) is 11.2. The van der Waals surface area contributed by atoms with Gasteiger partial charge in [0.1, 0.15) is 0 Å². The molecule has 0 nitrogen and oxygen atoms in total. The van der Waals surface area contributed by atoms with Crippen LogP contribution in [0.5, 0.6) is 0 Å². The van der Waals surface area contributed by atoms with Gasteiger partial charge in [0.15, 0.2) is 0 Å². The van der Waals surface area contributed by atoms with Crippen molar-refractivity contribution < 1.29 is 79.0 Å². The molecule has 0 spiro atoms. The van der Waals surface area contributed by atoms with E-state index in [9.17, 15) is 0 Å². The molecule has 0 fully saturated rings. The molecule has 1 radical (unpaired) electrons. The van der Waals surface area contributed by atoms with E-state index in [1.165, 1.54) is 0 Å². The minimum Gasteiger partial charge on any atom is 0 e. The van der Waals surface area contributed by atoms with Gasteiger partial charge in [-0.1, -0.05) is 0 Å². The first-order valence-corrected chi connectivity index (χ1v) is 3.09. The normalized spacial score (nSPS) is 1.00. The van der Waals surface area contributed by atoms with Crippen molar-refractivity contribution >= 4 is 6.20 Å². The van der Waals surface area contributed by atoms with Crippen LogP contribution in [-0.2, 0) is 79.0 Å². The first-order valence-electron chi connectivity index (χ1n) is 0.378. The van der Waals surface area contributed by atoms with Crippen LogP contribution in [0, 0.1) is 0 Å². The van der Waals surface area contributed by atoms with Crippen LogP contribution in [0.2, 0.25) is 0 Å². The van der Waals surface area contributed by atoms with Gasteiger partial charge >= 0.3 is 25.2 Å². The van der Waals surface area contributed by atoms with E-state index in [2.05, 4.69) is 6.20 Å². The molecule has 0 aliphatic carbocycles. The molecule has 31 valence electrons. The Morgan fingerprint density at radius 1 is 1.20 bits per heavy atom. The molecule has 0 aliphatic rings. The number of rotatable bonds is 0. The molecule has 0 amide bonds. The molecule has 0 saturated carbocycles. The molecule has 0 atom stereocenters. The SMILES string of the molecule is [BH2][Re].[Co].[Cr].[Hf]. The summed E-state index contributed by atoms with van der Waals surface area (Å²) in [6.07, 6.45) is 2.06. The zero-order valence-electron chi connectivity index (χ0n) is 2.62. The van der Waals surface area contributed by atoms with E-state index in [1.807, 2.05) is 0 Å². The minimum atomic E-state index is 0. The van der Waals surface area contributed by atoms with Gasteiger partial charge in [0.25, 0.3) is 0 Å². The second-order valence-corrected chi connectivity index (χ2v) is 0. The Morgan fingerprint density at radius 3 is 1.20 bits per heavy atom. The van der Waals surface area contributed by atoms with Crippen LogP contribution in [0.25, 0.3) is 0 Å². The van der Waals surface area contributed by atoms with Crippen molar-refractivity contribution in [1.82, 2.24) is 0 Å². The van der Waals surface area contributed by atoms with Gasteiger partial charge in [-0.2, -0.15) is 0 Å². The fraction of sp³-hybridized carbons (Fsp3) is 0. The second kappa shape index (κ2) is 30.3. The molecule has 0 aromatic rings. The van der Waals surface area contributed by atoms with E-state index in [0.717, 1.165) is 0 Å². The van der Waals surface area contributed by atoms with Gasteiger partial charge < -0.3 is 0 Å². The van der Waals surface area contributed by atoms with Crippen LogP contribution in [-0.4, -0.2) is 6.20 Å². The molecule has 5 heteroatoms. The Kier molecular flexibility index (Phi) is 154. The van der Waals surface area contributed by atoms with Crippen LogP contribution in [0.15, 0.2) is 0 Å². The Morgan fingerprint density at radius 2 is 1.20 bits per heavy atom. The summed E-state index contributed by atoms with van der Waals surface area (Å²) in [4.78, 5) is 0. The monoisotopic (exact) mass is 491 g/mol. The van der Waals surface area contributed by atoms with Crippen LogP contribution < -0.4 is 0 Å². The molecular formula is H2BCoCrHfRe. The van der Waals surface area contributed by atoms with Gasteiger partial charge in [-0.25, -0.2) is 0 Å². The van der Waals surface area contributed by atoms with E-state index in [4.69, 9.17) is 0 Å².